The molecule has 2 aromatic rings. The van der Waals surface area contributed by atoms with Crippen molar-refractivity contribution in [2.24, 2.45) is 5.73 Å². The number of carbonyl (C=O) groups is 2. The Balaban J connectivity index is 1.73. The fourth-order valence-corrected chi connectivity index (χ4v) is 3.20. The van der Waals surface area contributed by atoms with E-state index in [9.17, 15) is 14.7 Å². The Morgan fingerprint density at radius 2 is 1.64 bits per heavy atom. The molecule has 0 aliphatic heterocycles. The second-order valence-corrected chi connectivity index (χ2v) is 6.09. The van der Waals surface area contributed by atoms with Gasteiger partial charge in [0, 0.05) is 5.92 Å². The molecule has 2 amide bonds. The number of fused-ring (bicyclic) bond motifs is 3. The highest BCUT2D eigenvalue weighted by atomic mass is 16.5. The third-order valence-electron chi connectivity index (χ3n) is 4.41. The second kappa shape index (κ2) is 6.94. The highest BCUT2D eigenvalue weighted by Crippen LogP contribution is 2.44. The summed E-state index contributed by atoms with van der Waals surface area (Å²) in [5, 5.41) is 11.8. The van der Waals surface area contributed by atoms with Crippen LogP contribution >= 0.6 is 0 Å². The van der Waals surface area contributed by atoms with E-state index in [4.69, 9.17) is 10.5 Å². The van der Waals surface area contributed by atoms with Gasteiger partial charge < -0.3 is 20.9 Å². The number of hydrogen-bond acceptors (Lipinski definition) is 4. The largest absolute Gasteiger partial charge is 0.449 e. The molecule has 1 aliphatic rings. The molecule has 6 heteroatoms. The molecule has 4 N–H and O–H groups in total. The van der Waals surface area contributed by atoms with Crippen LogP contribution in [0.15, 0.2) is 48.5 Å². The maximum Gasteiger partial charge on any atom is 0.407 e. The van der Waals surface area contributed by atoms with Crippen molar-refractivity contribution >= 4 is 12.0 Å². The van der Waals surface area contributed by atoms with Gasteiger partial charge in [0.1, 0.15) is 12.6 Å². The van der Waals surface area contributed by atoms with E-state index >= 15 is 0 Å². The monoisotopic (exact) mass is 340 g/mol. The summed E-state index contributed by atoms with van der Waals surface area (Å²) in [5.74, 6) is -0.889. The molecule has 25 heavy (non-hydrogen) atoms. The number of alkyl carbamates (subject to hydrolysis) is 1. The predicted molar refractivity (Wildman–Crippen MR) is 92.9 cm³/mol. The summed E-state index contributed by atoms with van der Waals surface area (Å²) in [5.41, 5.74) is 9.61. The number of amides is 2. The minimum absolute atomic E-state index is 0.0725. The van der Waals surface area contributed by atoms with Gasteiger partial charge >= 0.3 is 6.09 Å². The summed E-state index contributed by atoms with van der Waals surface area (Å²) >= 11 is 0. The van der Waals surface area contributed by atoms with Crippen molar-refractivity contribution in [3.63, 3.8) is 0 Å². The molecule has 1 aliphatic carbocycles. The molecule has 0 spiro atoms. The number of benzene rings is 2. The zero-order valence-electron chi connectivity index (χ0n) is 13.8. The molecule has 0 saturated carbocycles. The molecule has 0 fully saturated rings. The molecule has 0 heterocycles. The van der Waals surface area contributed by atoms with Crippen LogP contribution in [0.25, 0.3) is 11.1 Å². The molecule has 2 aromatic carbocycles. The fourth-order valence-electron chi connectivity index (χ4n) is 3.20. The minimum atomic E-state index is -1.18. The van der Waals surface area contributed by atoms with E-state index in [-0.39, 0.29) is 12.5 Å². The minimum Gasteiger partial charge on any atom is -0.449 e. The first-order valence-electron chi connectivity index (χ1n) is 8.08. The number of nitrogens with one attached hydrogen (secondary N) is 1. The van der Waals surface area contributed by atoms with Crippen molar-refractivity contribution in [3.05, 3.63) is 59.7 Å². The molecule has 6 nitrogen and oxygen atoms in total. The van der Waals surface area contributed by atoms with Gasteiger partial charge in [0.15, 0.2) is 0 Å². The lowest BCUT2D eigenvalue weighted by molar-refractivity contribution is -0.122. The number of carbonyl (C=O) groups excluding carboxylic acids is 2. The lowest BCUT2D eigenvalue weighted by atomic mass is 9.98. The van der Waals surface area contributed by atoms with Gasteiger partial charge in [-0.2, -0.15) is 0 Å². The van der Waals surface area contributed by atoms with Crippen LogP contribution in [-0.2, 0) is 9.53 Å². The standard InChI is InChI=1S/C19H20N2O4/c1-11(22)17(18(20)23)21-19(24)25-10-16-14-8-4-2-6-12(14)13-7-3-5-9-15(13)16/h2-9,11,16-17,22H,10H2,1H3,(H2,20,23)(H,21,24). The fraction of sp³-hybridized carbons (Fsp3) is 0.263. The van der Waals surface area contributed by atoms with E-state index in [1.54, 1.807) is 0 Å². The Hall–Kier alpha value is -2.86. The van der Waals surface area contributed by atoms with Gasteiger partial charge in [0.05, 0.1) is 6.10 Å². The number of primary amides is 1. The van der Waals surface area contributed by atoms with Crippen molar-refractivity contribution < 1.29 is 19.4 Å². The molecule has 2 unspecified atom stereocenters. The summed E-state index contributed by atoms with van der Waals surface area (Å²) in [6, 6.07) is 14.8. The lowest BCUT2D eigenvalue weighted by Crippen LogP contribution is -2.51. The Bertz CT molecular complexity index is 758. The molecular formula is C19H20N2O4. The van der Waals surface area contributed by atoms with Crippen LogP contribution in [-0.4, -0.2) is 35.9 Å². The second-order valence-electron chi connectivity index (χ2n) is 6.09. The Labute approximate surface area is 145 Å². The maximum atomic E-state index is 12.0. The van der Waals surface area contributed by atoms with E-state index in [1.165, 1.54) is 6.92 Å². The van der Waals surface area contributed by atoms with E-state index in [0.29, 0.717) is 0 Å². The number of aliphatic hydroxyl groups excluding tert-OH is 1. The van der Waals surface area contributed by atoms with Crippen molar-refractivity contribution in [1.29, 1.82) is 0 Å². The van der Waals surface area contributed by atoms with Gasteiger partial charge in [-0.15, -0.1) is 0 Å². The molecule has 0 aromatic heterocycles. The van der Waals surface area contributed by atoms with Gasteiger partial charge in [0.25, 0.3) is 0 Å². The third-order valence-corrected chi connectivity index (χ3v) is 4.41. The first kappa shape index (κ1) is 17.0. The quantitative estimate of drug-likeness (QED) is 0.772. The lowest BCUT2D eigenvalue weighted by Gasteiger charge is -2.19. The highest BCUT2D eigenvalue weighted by Gasteiger charge is 2.30. The predicted octanol–water partition coefficient (Wildman–Crippen LogP) is 1.76. The van der Waals surface area contributed by atoms with Crippen molar-refractivity contribution in [2.75, 3.05) is 6.61 Å². The number of rotatable bonds is 5. The third kappa shape index (κ3) is 3.34. The summed E-state index contributed by atoms with van der Waals surface area (Å²) in [6.07, 6.45) is -1.88. The smallest absolute Gasteiger partial charge is 0.407 e. The van der Waals surface area contributed by atoms with Gasteiger partial charge in [-0.1, -0.05) is 48.5 Å². The van der Waals surface area contributed by atoms with Gasteiger partial charge in [-0.25, -0.2) is 4.79 Å². The van der Waals surface area contributed by atoms with Crippen LogP contribution in [0.3, 0.4) is 0 Å². The molecule has 130 valence electrons. The number of aliphatic hydroxyl groups is 1. The van der Waals surface area contributed by atoms with E-state index in [1.807, 2.05) is 48.5 Å². The average molecular weight is 340 g/mol. The van der Waals surface area contributed by atoms with Crippen LogP contribution in [0.4, 0.5) is 4.79 Å². The van der Waals surface area contributed by atoms with Crippen LogP contribution in [0, 0.1) is 0 Å². The zero-order valence-corrected chi connectivity index (χ0v) is 13.8. The van der Waals surface area contributed by atoms with Crippen molar-refractivity contribution in [3.8, 4) is 11.1 Å². The molecule has 3 rings (SSSR count). The molecule has 0 radical (unpaired) electrons. The van der Waals surface area contributed by atoms with Crippen LogP contribution in [0.2, 0.25) is 0 Å². The van der Waals surface area contributed by atoms with Crippen LogP contribution < -0.4 is 11.1 Å². The number of ether oxygens (including phenoxy) is 1. The van der Waals surface area contributed by atoms with Crippen LogP contribution in [0.5, 0.6) is 0 Å². The first-order chi connectivity index (χ1) is 12.0. The molecular weight excluding hydrogens is 320 g/mol. The number of hydrogen-bond donors (Lipinski definition) is 3. The van der Waals surface area contributed by atoms with E-state index < -0.39 is 24.1 Å². The Morgan fingerprint density at radius 3 is 2.12 bits per heavy atom. The van der Waals surface area contributed by atoms with Gasteiger partial charge in [0.2, 0.25) is 5.91 Å². The Morgan fingerprint density at radius 1 is 1.12 bits per heavy atom. The topological polar surface area (TPSA) is 102 Å². The molecule has 0 bridgehead atoms. The van der Waals surface area contributed by atoms with Gasteiger partial charge in [-0.3, -0.25) is 4.79 Å². The van der Waals surface area contributed by atoms with Crippen molar-refractivity contribution in [2.45, 2.75) is 25.0 Å². The highest BCUT2D eigenvalue weighted by molar-refractivity contribution is 5.85. The summed E-state index contributed by atoms with van der Waals surface area (Å²) in [6.45, 7) is 1.50. The molecule has 0 saturated heterocycles. The first-order valence-corrected chi connectivity index (χ1v) is 8.08. The Kier molecular flexibility index (Phi) is 4.72. The summed E-state index contributed by atoms with van der Waals surface area (Å²) < 4.78 is 5.30. The van der Waals surface area contributed by atoms with Crippen molar-refractivity contribution in [1.82, 2.24) is 5.32 Å². The number of nitrogens with two attached hydrogens (primary N) is 1. The van der Waals surface area contributed by atoms with E-state index in [0.717, 1.165) is 22.3 Å². The van der Waals surface area contributed by atoms with Gasteiger partial charge in [-0.05, 0) is 29.2 Å². The van der Waals surface area contributed by atoms with E-state index in [2.05, 4.69) is 5.32 Å². The summed E-state index contributed by atoms with van der Waals surface area (Å²) in [7, 11) is 0. The maximum absolute atomic E-state index is 12.0. The molecule has 2 atom stereocenters. The SMILES string of the molecule is CC(O)C(NC(=O)OCC1c2ccccc2-c2ccccc21)C(N)=O. The average Bonchev–Trinajstić information content (AvgIpc) is 2.91. The zero-order chi connectivity index (χ0) is 18.0. The van der Waals surface area contributed by atoms with Crippen LogP contribution in [0.1, 0.15) is 24.0 Å². The summed E-state index contributed by atoms with van der Waals surface area (Å²) in [4.78, 5) is 23.2. The normalized spacial score (nSPS) is 15.0.